The van der Waals surface area contributed by atoms with Gasteiger partial charge in [-0.05, 0) is 45.4 Å². The van der Waals surface area contributed by atoms with Crippen LogP contribution in [0.4, 0.5) is 16.6 Å². The Balaban J connectivity index is 1.67. The SMILES string of the molecule is CC(Nc1nc(N2CCN(C(=O)OC(C)(C)C)CC2)ncc1Cl)c1ccc(Cl)cc1Cl. The lowest BCUT2D eigenvalue weighted by Crippen LogP contribution is -2.50. The van der Waals surface area contributed by atoms with Crippen molar-refractivity contribution in [3.63, 3.8) is 0 Å². The number of benzene rings is 1. The number of ether oxygens (including phenoxy) is 1. The minimum absolute atomic E-state index is 0.144. The molecule has 0 bridgehead atoms. The largest absolute Gasteiger partial charge is 0.444 e. The maximum atomic E-state index is 12.3. The minimum atomic E-state index is -0.516. The first-order valence-electron chi connectivity index (χ1n) is 10.0. The molecular weight excluding hydrogens is 461 g/mol. The average molecular weight is 487 g/mol. The van der Waals surface area contributed by atoms with E-state index in [2.05, 4.69) is 15.3 Å². The van der Waals surface area contributed by atoms with Crippen molar-refractivity contribution < 1.29 is 9.53 Å². The summed E-state index contributed by atoms with van der Waals surface area (Å²) in [5, 5.41) is 4.85. The van der Waals surface area contributed by atoms with Gasteiger partial charge in [-0.25, -0.2) is 9.78 Å². The van der Waals surface area contributed by atoms with Gasteiger partial charge >= 0.3 is 6.09 Å². The number of amides is 1. The van der Waals surface area contributed by atoms with Gasteiger partial charge in [-0.1, -0.05) is 40.9 Å². The lowest BCUT2D eigenvalue weighted by molar-refractivity contribution is 0.0240. The van der Waals surface area contributed by atoms with Crippen LogP contribution >= 0.6 is 34.8 Å². The Labute approximate surface area is 197 Å². The molecule has 168 valence electrons. The molecule has 2 aromatic rings. The fourth-order valence-electron chi connectivity index (χ4n) is 3.16. The molecule has 0 spiro atoms. The van der Waals surface area contributed by atoms with Gasteiger partial charge in [0.2, 0.25) is 5.95 Å². The van der Waals surface area contributed by atoms with E-state index >= 15 is 0 Å². The Morgan fingerprint density at radius 2 is 1.81 bits per heavy atom. The number of hydrogen-bond donors (Lipinski definition) is 1. The topological polar surface area (TPSA) is 70.6 Å². The number of anilines is 2. The van der Waals surface area contributed by atoms with Crippen LogP contribution in [0.15, 0.2) is 24.4 Å². The summed E-state index contributed by atoms with van der Waals surface area (Å²) in [6.45, 7) is 9.78. The molecule has 0 saturated carbocycles. The second-order valence-electron chi connectivity index (χ2n) is 8.35. The highest BCUT2D eigenvalue weighted by molar-refractivity contribution is 6.35. The molecule has 31 heavy (non-hydrogen) atoms. The molecule has 1 saturated heterocycles. The standard InChI is InChI=1S/C21H26Cl3N5O2/c1-13(15-6-5-14(22)11-16(15)23)26-18-17(24)12-25-19(27-18)28-7-9-29(10-8-28)20(30)31-21(2,3)4/h5-6,11-13H,7-10H2,1-4H3,(H,25,26,27). The van der Waals surface area contributed by atoms with Crippen molar-refractivity contribution in [1.29, 1.82) is 0 Å². The Morgan fingerprint density at radius 3 is 2.42 bits per heavy atom. The number of rotatable bonds is 4. The van der Waals surface area contributed by atoms with Crippen LogP contribution in [0.1, 0.15) is 39.3 Å². The highest BCUT2D eigenvalue weighted by atomic mass is 35.5. The monoisotopic (exact) mass is 485 g/mol. The Morgan fingerprint density at radius 1 is 1.13 bits per heavy atom. The van der Waals surface area contributed by atoms with Crippen LogP contribution in [0.3, 0.4) is 0 Å². The summed E-state index contributed by atoms with van der Waals surface area (Å²) < 4.78 is 5.45. The van der Waals surface area contributed by atoms with Crippen molar-refractivity contribution in [2.24, 2.45) is 0 Å². The van der Waals surface area contributed by atoms with Gasteiger partial charge in [0.15, 0.2) is 5.82 Å². The molecule has 1 amide bonds. The van der Waals surface area contributed by atoms with Crippen molar-refractivity contribution in [3.8, 4) is 0 Å². The van der Waals surface area contributed by atoms with Crippen molar-refractivity contribution in [3.05, 3.63) is 45.0 Å². The number of nitrogens with zero attached hydrogens (tertiary/aromatic N) is 4. The molecule has 1 N–H and O–H groups in total. The molecule has 0 radical (unpaired) electrons. The van der Waals surface area contributed by atoms with Gasteiger partial charge in [0.1, 0.15) is 10.6 Å². The van der Waals surface area contributed by atoms with Crippen LogP contribution in [-0.2, 0) is 4.74 Å². The molecule has 10 heteroatoms. The summed E-state index contributed by atoms with van der Waals surface area (Å²) in [4.78, 5) is 25.0. The number of halogens is 3. The summed E-state index contributed by atoms with van der Waals surface area (Å²) in [5.74, 6) is 1.06. The van der Waals surface area contributed by atoms with Gasteiger partial charge in [-0.2, -0.15) is 4.98 Å². The summed E-state index contributed by atoms with van der Waals surface area (Å²) in [6.07, 6.45) is 1.27. The highest BCUT2D eigenvalue weighted by Crippen LogP contribution is 2.30. The predicted molar refractivity (Wildman–Crippen MR) is 126 cm³/mol. The molecule has 0 aliphatic carbocycles. The molecule has 1 unspecified atom stereocenters. The Bertz CT molecular complexity index is 943. The number of piperazine rings is 1. The molecule has 7 nitrogen and oxygen atoms in total. The average Bonchev–Trinajstić information content (AvgIpc) is 2.68. The Kier molecular flexibility index (Phi) is 7.39. The molecule has 1 aliphatic heterocycles. The van der Waals surface area contributed by atoms with E-state index in [1.165, 1.54) is 0 Å². The van der Waals surface area contributed by atoms with Crippen molar-refractivity contribution in [2.45, 2.75) is 39.3 Å². The van der Waals surface area contributed by atoms with Crippen LogP contribution in [0.2, 0.25) is 15.1 Å². The first-order chi connectivity index (χ1) is 14.5. The van der Waals surface area contributed by atoms with E-state index in [0.717, 1.165) is 5.56 Å². The molecule has 1 aliphatic rings. The lowest BCUT2D eigenvalue weighted by atomic mass is 10.1. The van der Waals surface area contributed by atoms with Crippen molar-refractivity contribution in [1.82, 2.24) is 14.9 Å². The van der Waals surface area contributed by atoms with E-state index in [9.17, 15) is 4.79 Å². The number of carbonyl (C=O) groups excluding carboxylic acids is 1. The third kappa shape index (κ3) is 6.28. The number of carbonyl (C=O) groups is 1. The summed E-state index contributed by atoms with van der Waals surface area (Å²) in [6, 6.07) is 5.22. The zero-order valence-electron chi connectivity index (χ0n) is 18.0. The highest BCUT2D eigenvalue weighted by Gasteiger charge is 2.27. The molecule has 1 atom stereocenters. The zero-order valence-corrected chi connectivity index (χ0v) is 20.2. The van der Waals surface area contributed by atoms with E-state index in [-0.39, 0.29) is 12.1 Å². The normalized spacial score (nSPS) is 15.6. The van der Waals surface area contributed by atoms with E-state index in [0.29, 0.717) is 53.0 Å². The molecule has 1 fully saturated rings. The maximum absolute atomic E-state index is 12.3. The molecule has 2 heterocycles. The van der Waals surface area contributed by atoms with Crippen LogP contribution in [0, 0.1) is 0 Å². The van der Waals surface area contributed by atoms with Crippen LogP contribution in [0.5, 0.6) is 0 Å². The first-order valence-corrected chi connectivity index (χ1v) is 11.1. The van der Waals surface area contributed by atoms with Gasteiger partial charge in [-0.3, -0.25) is 0 Å². The summed E-state index contributed by atoms with van der Waals surface area (Å²) in [5.41, 5.74) is 0.367. The second-order valence-corrected chi connectivity index (χ2v) is 9.60. The Hall–Kier alpha value is -1.96. The predicted octanol–water partition coefficient (Wildman–Crippen LogP) is 5.67. The first kappa shape index (κ1) is 23.7. The number of aromatic nitrogens is 2. The fourth-order valence-corrected chi connectivity index (χ4v) is 3.88. The van der Waals surface area contributed by atoms with Crippen molar-refractivity contribution >= 4 is 52.7 Å². The summed E-state index contributed by atoms with van der Waals surface area (Å²) in [7, 11) is 0. The lowest BCUT2D eigenvalue weighted by Gasteiger charge is -2.35. The van der Waals surface area contributed by atoms with Crippen LogP contribution < -0.4 is 10.2 Å². The third-order valence-electron chi connectivity index (χ3n) is 4.73. The van der Waals surface area contributed by atoms with Gasteiger partial charge < -0.3 is 19.9 Å². The second kappa shape index (κ2) is 9.67. The quantitative estimate of drug-likeness (QED) is 0.600. The number of hydrogen-bond acceptors (Lipinski definition) is 6. The van der Waals surface area contributed by atoms with Gasteiger partial charge in [0, 0.05) is 36.2 Å². The molecule has 3 rings (SSSR count). The maximum Gasteiger partial charge on any atom is 0.410 e. The number of nitrogens with one attached hydrogen (secondary N) is 1. The fraction of sp³-hybridized carbons (Fsp3) is 0.476. The van der Waals surface area contributed by atoms with E-state index in [1.807, 2.05) is 38.7 Å². The van der Waals surface area contributed by atoms with Gasteiger partial charge in [0.05, 0.1) is 12.2 Å². The van der Waals surface area contributed by atoms with E-state index in [4.69, 9.17) is 39.5 Å². The molecule has 1 aromatic heterocycles. The summed E-state index contributed by atoms with van der Waals surface area (Å²) >= 11 is 18.6. The zero-order chi connectivity index (χ0) is 22.8. The van der Waals surface area contributed by atoms with Crippen LogP contribution in [-0.4, -0.2) is 52.7 Å². The van der Waals surface area contributed by atoms with Gasteiger partial charge in [0.25, 0.3) is 0 Å². The smallest absolute Gasteiger partial charge is 0.410 e. The van der Waals surface area contributed by atoms with E-state index < -0.39 is 5.60 Å². The van der Waals surface area contributed by atoms with E-state index in [1.54, 1.807) is 23.2 Å². The third-order valence-corrected chi connectivity index (χ3v) is 5.57. The minimum Gasteiger partial charge on any atom is -0.444 e. The van der Waals surface area contributed by atoms with Gasteiger partial charge in [-0.15, -0.1) is 0 Å². The molecular formula is C21H26Cl3N5O2. The van der Waals surface area contributed by atoms with Crippen LogP contribution in [0.25, 0.3) is 0 Å². The van der Waals surface area contributed by atoms with Crippen molar-refractivity contribution in [2.75, 3.05) is 36.4 Å². The molecule has 1 aromatic carbocycles.